The summed E-state index contributed by atoms with van der Waals surface area (Å²) >= 11 is 6.23. The van der Waals surface area contributed by atoms with Crippen molar-refractivity contribution in [2.45, 2.75) is 13.0 Å². The molecule has 1 aromatic heterocycles. The lowest BCUT2D eigenvalue weighted by Gasteiger charge is -2.11. The Hall–Kier alpha value is -0.990. The maximum Gasteiger partial charge on any atom is 0.134 e. The summed E-state index contributed by atoms with van der Waals surface area (Å²) in [6.07, 6.45) is 2.85. The first-order valence-corrected chi connectivity index (χ1v) is 5.49. The molecular weight excluding hydrogens is 210 g/mol. The number of rotatable bonds is 0. The maximum absolute atomic E-state index is 6.23. The third kappa shape index (κ3) is 1.36. The monoisotopic (exact) mass is 221 g/mol. The molecule has 0 fully saturated rings. The first kappa shape index (κ1) is 9.25. The van der Waals surface area contributed by atoms with Gasteiger partial charge in [0.05, 0.1) is 6.26 Å². The van der Waals surface area contributed by atoms with Gasteiger partial charge in [-0.3, -0.25) is 0 Å². The van der Waals surface area contributed by atoms with Gasteiger partial charge in [-0.05, 0) is 31.2 Å². The molecule has 2 heterocycles. The minimum Gasteiger partial charge on any atom is -0.464 e. The standard InChI is InChI=1S/C12H12ClNO/c1-14-5-4-9-10(13)2-3-11-12(9)8(6-14)7-15-11/h2-3,7H,4-6H2,1H3. The second kappa shape index (κ2) is 3.26. The van der Waals surface area contributed by atoms with Crippen molar-refractivity contribution < 1.29 is 4.42 Å². The van der Waals surface area contributed by atoms with Crippen LogP contribution in [-0.4, -0.2) is 18.5 Å². The van der Waals surface area contributed by atoms with Gasteiger partial charge in [0.2, 0.25) is 0 Å². The fraction of sp³-hybridized carbons (Fsp3) is 0.333. The molecule has 1 aromatic carbocycles. The molecule has 3 heteroatoms. The summed E-state index contributed by atoms with van der Waals surface area (Å²) in [5, 5.41) is 2.09. The number of halogens is 1. The molecule has 2 aromatic rings. The summed E-state index contributed by atoms with van der Waals surface area (Å²) in [6.45, 7) is 1.99. The van der Waals surface area contributed by atoms with Gasteiger partial charge < -0.3 is 9.32 Å². The molecule has 3 rings (SSSR count). The molecule has 0 radical (unpaired) electrons. The lowest BCUT2D eigenvalue weighted by molar-refractivity contribution is 0.334. The molecule has 0 aliphatic carbocycles. The lowest BCUT2D eigenvalue weighted by atomic mass is 10.1. The first-order valence-electron chi connectivity index (χ1n) is 5.11. The average Bonchev–Trinajstić information content (AvgIpc) is 2.52. The molecule has 0 bridgehead atoms. The van der Waals surface area contributed by atoms with E-state index in [4.69, 9.17) is 16.0 Å². The van der Waals surface area contributed by atoms with Crippen LogP contribution in [-0.2, 0) is 13.0 Å². The Labute approximate surface area is 93.4 Å². The Morgan fingerprint density at radius 3 is 3.13 bits per heavy atom. The summed E-state index contributed by atoms with van der Waals surface area (Å²) in [4.78, 5) is 2.29. The van der Waals surface area contributed by atoms with Crippen molar-refractivity contribution in [3.63, 3.8) is 0 Å². The van der Waals surface area contributed by atoms with E-state index in [0.29, 0.717) is 0 Å². The highest BCUT2D eigenvalue weighted by Crippen LogP contribution is 2.33. The maximum atomic E-state index is 6.23. The van der Waals surface area contributed by atoms with E-state index in [9.17, 15) is 0 Å². The molecule has 0 saturated heterocycles. The van der Waals surface area contributed by atoms with Crippen molar-refractivity contribution in [1.82, 2.24) is 4.90 Å². The Morgan fingerprint density at radius 2 is 2.27 bits per heavy atom. The normalized spacial score (nSPS) is 16.9. The molecule has 0 N–H and O–H groups in total. The van der Waals surface area contributed by atoms with E-state index in [-0.39, 0.29) is 0 Å². The predicted molar refractivity (Wildman–Crippen MR) is 61.3 cm³/mol. The summed E-state index contributed by atoms with van der Waals surface area (Å²) in [5.41, 5.74) is 3.45. The average molecular weight is 222 g/mol. The van der Waals surface area contributed by atoms with Crippen LogP contribution in [0.2, 0.25) is 5.02 Å². The van der Waals surface area contributed by atoms with Crippen molar-refractivity contribution in [2.75, 3.05) is 13.6 Å². The van der Waals surface area contributed by atoms with Crippen LogP contribution < -0.4 is 0 Å². The van der Waals surface area contributed by atoms with E-state index in [1.165, 1.54) is 16.5 Å². The molecule has 0 atom stereocenters. The Morgan fingerprint density at radius 1 is 1.40 bits per heavy atom. The number of furan rings is 1. The number of benzene rings is 1. The van der Waals surface area contributed by atoms with Gasteiger partial charge in [0.15, 0.2) is 0 Å². The van der Waals surface area contributed by atoms with Crippen LogP contribution in [0.25, 0.3) is 11.0 Å². The minimum atomic E-state index is 0.862. The zero-order chi connectivity index (χ0) is 10.4. The smallest absolute Gasteiger partial charge is 0.134 e. The zero-order valence-electron chi connectivity index (χ0n) is 8.59. The fourth-order valence-electron chi connectivity index (χ4n) is 2.28. The minimum absolute atomic E-state index is 0.862. The van der Waals surface area contributed by atoms with Crippen LogP contribution in [0.3, 0.4) is 0 Å². The van der Waals surface area contributed by atoms with Crippen molar-refractivity contribution in [3.8, 4) is 0 Å². The molecule has 1 aliphatic heterocycles. The van der Waals surface area contributed by atoms with E-state index in [0.717, 1.165) is 30.1 Å². The van der Waals surface area contributed by atoms with E-state index >= 15 is 0 Å². The number of nitrogens with zero attached hydrogens (tertiary/aromatic N) is 1. The van der Waals surface area contributed by atoms with Crippen LogP contribution in [0.4, 0.5) is 0 Å². The topological polar surface area (TPSA) is 16.4 Å². The predicted octanol–water partition coefficient (Wildman–Crippen LogP) is 3.07. The summed E-state index contributed by atoms with van der Waals surface area (Å²) in [6, 6.07) is 3.88. The Kier molecular flexibility index (Phi) is 2.01. The molecule has 1 aliphatic rings. The van der Waals surface area contributed by atoms with Gasteiger partial charge in [-0.2, -0.15) is 0 Å². The number of hydrogen-bond acceptors (Lipinski definition) is 2. The zero-order valence-corrected chi connectivity index (χ0v) is 9.34. The van der Waals surface area contributed by atoms with Crippen LogP contribution in [0, 0.1) is 0 Å². The summed E-state index contributed by atoms with van der Waals surface area (Å²) in [7, 11) is 2.12. The second-order valence-corrected chi connectivity index (χ2v) is 4.55. The molecule has 15 heavy (non-hydrogen) atoms. The highest BCUT2D eigenvalue weighted by atomic mass is 35.5. The fourth-order valence-corrected chi connectivity index (χ4v) is 2.53. The van der Waals surface area contributed by atoms with E-state index in [1.807, 2.05) is 18.4 Å². The molecule has 0 spiro atoms. The Balaban J connectivity index is 2.34. The Bertz CT molecular complexity index is 518. The van der Waals surface area contributed by atoms with Gasteiger partial charge >= 0.3 is 0 Å². The van der Waals surface area contributed by atoms with E-state index in [2.05, 4.69) is 11.9 Å². The van der Waals surface area contributed by atoms with Crippen LogP contribution >= 0.6 is 11.6 Å². The van der Waals surface area contributed by atoms with E-state index < -0.39 is 0 Å². The molecule has 78 valence electrons. The molecule has 0 saturated carbocycles. The van der Waals surface area contributed by atoms with Crippen molar-refractivity contribution in [1.29, 1.82) is 0 Å². The quantitative estimate of drug-likeness (QED) is 0.680. The lowest BCUT2D eigenvalue weighted by Crippen LogP contribution is -2.18. The second-order valence-electron chi connectivity index (χ2n) is 4.15. The largest absolute Gasteiger partial charge is 0.464 e. The van der Waals surface area contributed by atoms with Crippen molar-refractivity contribution in [3.05, 3.63) is 34.5 Å². The number of likely N-dealkylation sites (N-methyl/N-ethyl adjacent to an activating group) is 1. The summed E-state index contributed by atoms with van der Waals surface area (Å²) in [5.74, 6) is 0. The third-order valence-electron chi connectivity index (χ3n) is 3.05. The van der Waals surface area contributed by atoms with Crippen molar-refractivity contribution in [2.24, 2.45) is 0 Å². The molecular formula is C12H12ClNO. The van der Waals surface area contributed by atoms with Gasteiger partial charge in [0, 0.05) is 29.1 Å². The highest BCUT2D eigenvalue weighted by Gasteiger charge is 2.18. The van der Waals surface area contributed by atoms with E-state index in [1.54, 1.807) is 0 Å². The third-order valence-corrected chi connectivity index (χ3v) is 3.40. The molecule has 0 unspecified atom stereocenters. The van der Waals surface area contributed by atoms with Gasteiger partial charge in [0.1, 0.15) is 5.58 Å². The first-order chi connectivity index (χ1) is 7.25. The van der Waals surface area contributed by atoms with Gasteiger partial charge in [-0.15, -0.1) is 0 Å². The van der Waals surface area contributed by atoms with Gasteiger partial charge in [-0.1, -0.05) is 11.6 Å². The number of hydrogen-bond donors (Lipinski definition) is 0. The SMILES string of the molecule is CN1CCc2c(Cl)ccc3occ(c23)C1. The van der Waals surface area contributed by atoms with Crippen LogP contribution in [0.1, 0.15) is 11.1 Å². The molecule has 0 amide bonds. The van der Waals surface area contributed by atoms with Crippen LogP contribution in [0.5, 0.6) is 0 Å². The van der Waals surface area contributed by atoms with Gasteiger partial charge in [0.25, 0.3) is 0 Å². The van der Waals surface area contributed by atoms with Crippen LogP contribution in [0.15, 0.2) is 22.8 Å². The molecule has 2 nitrogen and oxygen atoms in total. The van der Waals surface area contributed by atoms with Gasteiger partial charge in [-0.25, -0.2) is 0 Å². The summed E-state index contributed by atoms with van der Waals surface area (Å²) < 4.78 is 5.53. The van der Waals surface area contributed by atoms with Crippen molar-refractivity contribution >= 4 is 22.6 Å². The highest BCUT2D eigenvalue weighted by molar-refractivity contribution is 6.32.